The Bertz CT molecular complexity index is 1100. The number of hydrogen-bond acceptors (Lipinski definition) is 7. The molecule has 2 fully saturated rings. The first-order valence-corrected chi connectivity index (χ1v) is 10.2. The standard InChI is InChI=1S/C20H18N6O2S/c21-7-13-4-5-22-18(6-13)25-8-14(9-25)24-20(27)26-10-15(11-26)28-16-2-1-3-17-19(16)23-12-29-17/h1-6,12,14-15H,8-11H2,(H,24,27). The van der Waals surface area contributed by atoms with E-state index < -0.39 is 0 Å². The summed E-state index contributed by atoms with van der Waals surface area (Å²) < 4.78 is 7.12. The van der Waals surface area contributed by atoms with Gasteiger partial charge in [-0.25, -0.2) is 14.8 Å². The third kappa shape index (κ3) is 3.43. The number of rotatable bonds is 4. The van der Waals surface area contributed by atoms with Gasteiger partial charge in [-0.1, -0.05) is 6.07 Å². The van der Waals surface area contributed by atoms with Gasteiger partial charge in [0.05, 0.1) is 41.0 Å². The van der Waals surface area contributed by atoms with E-state index in [1.165, 1.54) is 0 Å². The van der Waals surface area contributed by atoms with Crippen molar-refractivity contribution in [3.63, 3.8) is 0 Å². The van der Waals surface area contributed by atoms with Gasteiger partial charge in [-0.15, -0.1) is 11.3 Å². The molecule has 0 spiro atoms. The molecule has 3 aromatic rings. The van der Waals surface area contributed by atoms with Gasteiger partial charge in [0.2, 0.25) is 0 Å². The molecule has 2 saturated heterocycles. The molecule has 0 saturated carbocycles. The first-order chi connectivity index (χ1) is 14.2. The second kappa shape index (κ2) is 7.22. The van der Waals surface area contributed by atoms with Gasteiger partial charge in [0.1, 0.15) is 23.2 Å². The number of hydrogen-bond donors (Lipinski definition) is 1. The van der Waals surface area contributed by atoms with Gasteiger partial charge in [0.25, 0.3) is 0 Å². The van der Waals surface area contributed by atoms with Crippen LogP contribution in [0, 0.1) is 11.3 Å². The van der Waals surface area contributed by atoms with Crippen LogP contribution in [0.5, 0.6) is 5.75 Å². The van der Waals surface area contributed by atoms with E-state index in [1.54, 1.807) is 34.6 Å². The lowest BCUT2D eigenvalue weighted by molar-refractivity contribution is 0.0440. The fourth-order valence-corrected chi connectivity index (χ4v) is 4.19. The highest BCUT2D eigenvalue weighted by Gasteiger charge is 2.36. The number of fused-ring (bicyclic) bond motifs is 1. The third-order valence-electron chi connectivity index (χ3n) is 5.16. The number of amides is 2. The van der Waals surface area contributed by atoms with Crippen molar-refractivity contribution in [2.24, 2.45) is 0 Å². The highest BCUT2D eigenvalue weighted by atomic mass is 32.1. The number of para-hydroxylation sites is 1. The Labute approximate surface area is 171 Å². The highest BCUT2D eigenvalue weighted by molar-refractivity contribution is 7.16. The summed E-state index contributed by atoms with van der Waals surface area (Å²) >= 11 is 1.59. The molecular formula is C20H18N6O2S. The number of benzene rings is 1. The van der Waals surface area contributed by atoms with Crippen LogP contribution in [-0.2, 0) is 0 Å². The van der Waals surface area contributed by atoms with Gasteiger partial charge in [-0.3, -0.25) is 0 Å². The molecule has 0 atom stereocenters. The summed E-state index contributed by atoms with van der Waals surface area (Å²) in [7, 11) is 0. The van der Waals surface area contributed by atoms with Crippen molar-refractivity contribution < 1.29 is 9.53 Å². The molecule has 29 heavy (non-hydrogen) atoms. The van der Waals surface area contributed by atoms with Gasteiger partial charge in [0.15, 0.2) is 0 Å². The molecule has 0 radical (unpaired) electrons. The van der Waals surface area contributed by atoms with Crippen LogP contribution >= 0.6 is 11.3 Å². The zero-order valence-corrected chi connectivity index (χ0v) is 16.3. The summed E-state index contributed by atoms with van der Waals surface area (Å²) in [5, 5.41) is 12.0. The molecule has 9 heteroatoms. The molecule has 1 N–H and O–H groups in total. The van der Waals surface area contributed by atoms with E-state index in [2.05, 4.69) is 21.4 Å². The number of pyridine rings is 1. The Hall–Kier alpha value is -3.38. The normalized spacial score (nSPS) is 16.8. The lowest BCUT2D eigenvalue weighted by Gasteiger charge is -2.44. The Morgan fingerprint density at radius 2 is 2.10 bits per heavy atom. The minimum atomic E-state index is -0.0694. The van der Waals surface area contributed by atoms with Crippen LogP contribution in [0.25, 0.3) is 10.2 Å². The Kier molecular flexibility index (Phi) is 4.41. The zero-order chi connectivity index (χ0) is 19.8. The summed E-state index contributed by atoms with van der Waals surface area (Å²) in [6.07, 6.45) is 1.62. The molecule has 1 aromatic carbocycles. The molecule has 5 rings (SSSR count). The summed E-state index contributed by atoms with van der Waals surface area (Å²) in [4.78, 5) is 24.9. The number of carbonyl (C=O) groups is 1. The van der Waals surface area contributed by atoms with E-state index in [1.807, 2.05) is 28.6 Å². The maximum atomic E-state index is 12.4. The van der Waals surface area contributed by atoms with Crippen molar-refractivity contribution in [2.45, 2.75) is 12.1 Å². The Balaban J connectivity index is 1.09. The summed E-state index contributed by atoms with van der Waals surface area (Å²) in [5.74, 6) is 1.54. The molecule has 2 aromatic heterocycles. The molecule has 8 nitrogen and oxygen atoms in total. The number of thiazole rings is 1. The lowest BCUT2D eigenvalue weighted by Crippen LogP contribution is -2.65. The van der Waals surface area contributed by atoms with E-state index >= 15 is 0 Å². The Morgan fingerprint density at radius 1 is 1.24 bits per heavy atom. The number of anilines is 1. The number of urea groups is 1. The monoisotopic (exact) mass is 406 g/mol. The second-order valence-electron chi connectivity index (χ2n) is 7.17. The van der Waals surface area contributed by atoms with Gasteiger partial charge >= 0.3 is 6.03 Å². The van der Waals surface area contributed by atoms with Crippen LogP contribution in [0.1, 0.15) is 5.56 Å². The van der Waals surface area contributed by atoms with Gasteiger partial charge in [0, 0.05) is 19.3 Å². The van der Waals surface area contributed by atoms with Crippen molar-refractivity contribution in [3.8, 4) is 11.8 Å². The maximum Gasteiger partial charge on any atom is 0.317 e. The second-order valence-corrected chi connectivity index (χ2v) is 8.05. The van der Waals surface area contributed by atoms with E-state index in [-0.39, 0.29) is 18.2 Å². The van der Waals surface area contributed by atoms with Crippen LogP contribution in [0.15, 0.2) is 42.0 Å². The molecule has 2 aliphatic heterocycles. The van der Waals surface area contributed by atoms with Gasteiger partial charge in [-0.2, -0.15) is 5.26 Å². The smallest absolute Gasteiger partial charge is 0.317 e. The fourth-order valence-electron chi connectivity index (χ4n) is 3.50. The fraction of sp³-hybridized carbons (Fsp3) is 0.300. The summed E-state index contributed by atoms with van der Waals surface area (Å²) in [5.41, 5.74) is 3.28. The van der Waals surface area contributed by atoms with E-state index in [0.717, 1.165) is 21.8 Å². The molecule has 2 amide bonds. The van der Waals surface area contributed by atoms with Crippen LogP contribution in [0.3, 0.4) is 0 Å². The minimum Gasteiger partial charge on any atom is -0.484 e. The SMILES string of the molecule is N#Cc1ccnc(N2CC(NC(=O)N3CC(Oc4cccc5scnc45)C3)C2)c1. The van der Waals surface area contributed by atoms with Crippen molar-refractivity contribution in [1.82, 2.24) is 20.2 Å². The van der Waals surface area contributed by atoms with Crippen LogP contribution in [0.4, 0.5) is 10.6 Å². The maximum absolute atomic E-state index is 12.4. The summed E-state index contributed by atoms with van der Waals surface area (Å²) in [6, 6.07) is 11.5. The largest absolute Gasteiger partial charge is 0.484 e. The third-order valence-corrected chi connectivity index (χ3v) is 5.95. The number of ether oxygens (including phenoxy) is 1. The number of nitrogens with zero attached hydrogens (tertiary/aromatic N) is 5. The van der Waals surface area contributed by atoms with Crippen LogP contribution in [-0.4, -0.2) is 59.2 Å². The first-order valence-electron chi connectivity index (χ1n) is 9.35. The topological polar surface area (TPSA) is 94.4 Å². The van der Waals surface area contributed by atoms with Gasteiger partial charge in [-0.05, 0) is 24.3 Å². The summed E-state index contributed by atoms with van der Waals surface area (Å²) in [6.45, 7) is 2.50. The molecule has 146 valence electrons. The predicted octanol–water partition coefficient (Wildman–Crippen LogP) is 2.22. The van der Waals surface area contributed by atoms with Crippen LogP contribution < -0.4 is 15.0 Å². The van der Waals surface area contributed by atoms with Crippen molar-refractivity contribution in [3.05, 3.63) is 47.6 Å². The quantitative estimate of drug-likeness (QED) is 0.714. The van der Waals surface area contributed by atoms with Crippen molar-refractivity contribution in [2.75, 3.05) is 31.1 Å². The van der Waals surface area contributed by atoms with E-state index in [0.29, 0.717) is 31.7 Å². The molecule has 0 bridgehead atoms. The van der Waals surface area contributed by atoms with E-state index in [9.17, 15) is 4.79 Å². The lowest BCUT2D eigenvalue weighted by atomic mass is 10.1. The molecule has 0 unspecified atom stereocenters. The number of carbonyl (C=O) groups excluding carboxylic acids is 1. The molecule has 4 heterocycles. The zero-order valence-electron chi connectivity index (χ0n) is 15.5. The van der Waals surface area contributed by atoms with Crippen molar-refractivity contribution in [1.29, 1.82) is 5.26 Å². The molecule has 2 aliphatic rings. The minimum absolute atomic E-state index is 0.0103. The van der Waals surface area contributed by atoms with Crippen LogP contribution in [0.2, 0.25) is 0 Å². The molecular weight excluding hydrogens is 388 g/mol. The van der Waals surface area contributed by atoms with Gasteiger partial charge < -0.3 is 19.9 Å². The number of aromatic nitrogens is 2. The highest BCUT2D eigenvalue weighted by Crippen LogP contribution is 2.29. The average molecular weight is 406 g/mol. The first kappa shape index (κ1) is 17.7. The molecule has 0 aliphatic carbocycles. The number of likely N-dealkylation sites (tertiary alicyclic amines) is 1. The van der Waals surface area contributed by atoms with E-state index in [4.69, 9.17) is 10.00 Å². The average Bonchev–Trinajstić information content (AvgIpc) is 3.16. The number of nitrogens with one attached hydrogen (secondary N) is 1. The Morgan fingerprint density at radius 3 is 2.93 bits per heavy atom. The van der Waals surface area contributed by atoms with Crippen molar-refractivity contribution >= 4 is 33.4 Å². The predicted molar refractivity (Wildman–Crippen MR) is 109 cm³/mol. The number of nitriles is 1.